The van der Waals surface area contributed by atoms with E-state index in [-0.39, 0.29) is 30.5 Å². The molecule has 6 rings (SSSR count). The van der Waals surface area contributed by atoms with E-state index in [4.69, 9.17) is 21.3 Å². The van der Waals surface area contributed by atoms with Gasteiger partial charge in [-0.05, 0) is 62.2 Å². The molecule has 0 radical (unpaired) electrons. The lowest BCUT2D eigenvalue weighted by molar-refractivity contribution is -0.128. The van der Waals surface area contributed by atoms with Gasteiger partial charge in [-0.25, -0.2) is 6.57 Å². The fraction of sp³-hybridized carbons (Fsp3) is 0.514. The largest absolute Gasteiger partial charge is 0.458 e. The van der Waals surface area contributed by atoms with Crippen LogP contribution in [0.1, 0.15) is 49.9 Å². The highest BCUT2D eigenvalue weighted by molar-refractivity contribution is 5.97. The molecule has 0 bridgehead atoms. The highest BCUT2D eigenvalue weighted by Gasteiger charge is 2.35. The van der Waals surface area contributed by atoms with Crippen LogP contribution in [-0.2, 0) is 17.8 Å². The number of benzene rings is 2. The molecular formula is C37H47N7O2. The Kier molecular flexibility index (Phi) is 9.46. The summed E-state index contributed by atoms with van der Waals surface area (Å²) in [7, 11) is 2.20. The van der Waals surface area contributed by atoms with Crippen molar-refractivity contribution < 1.29 is 9.53 Å². The van der Waals surface area contributed by atoms with E-state index in [1.807, 2.05) is 0 Å². The molecule has 242 valence electrons. The van der Waals surface area contributed by atoms with E-state index >= 15 is 0 Å². The summed E-state index contributed by atoms with van der Waals surface area (Å²) in [6, 6.07) is 13.8. The van der Waals surface area contributed by atoms with Crippen molar-refractivity contribution in [2.24, 2.45) is 5.92 Å². The van der Waals surface area contributed by atoms with Crippen LogP contribution in [0, 0.1) is 19.4 Å². The van der Waals surface area contributed by atoms with Crippen molar-refractivity contribution in [1.29, 1.82) is 0 Å². The lowest BCUT2D eigenvalue weighted by Gasteiger charge is -2.41. The maximum absolute atomic E-state index is 12.6. The van der Waals surface area contributed by atoms with Crippen molar-refractivity contribution >= 4 is 28.2 Å². The van der Waals surface area contributed by atoms with E-state index in [1.54, 1.807) is 4.90 Å². The number of hydrogen-bond acceptors (Lipinski definition) is 7. The van der Waals surface area contributed by atoms with E-state index < -0.39 is 0 Å². The molecule has 1 aromatic heterocycles. The van der Waals surface area contributed by atoms with Crippen molar-refractivity contribution in [2.45, 2.75) is 71.2 Å². The molecular weight excluding hydrogens is 574 g/mol. The highest BCUT2D eigenvalue weighted by Crippen LogP contribution is 2.36. The van der Waals surface area contributed by atoms with Crippen LogP contribution in [0.15, 0.2) is 49.1 Å². The maximum atomic E-state index is 12.6. The number of nitrogens with zero attached hydrogens (tertiary/aromatic N) is 7. The van der Waals surface area contributed by atoms with Gasteiger partial charge in [-0.15, -0.1) is 0 Å². The molecule has 1 amide bonds. The zero-order valence-corrected chi connectivity index (χ0v) is 27.8. The third-order valence-corrected chi connectivity index (χ3v) is 10.2. The van der Waals surface area contributed by atoms with Gasteiger partial charge in [0.05, 0.1) is 12.2 Å². The molecule has 2 aromatic carbocycles. The maximum Gasteiger partial charge on any atom is 0.319 e. The molecule has 0 spiro atoms. The number of carbonyl (C=O) groups is 1. The lowest BCUT2D eigenvalue weighted by Crippen LogP contribution is -2.56. The number of amides is 1. The molecule has 46 heavy (non-hydrogen) atoms. The Labute approximate surface area is 273 Å². The molecule has 0 unspecified atom stereocenters. The predicted molar refractivity (Wildman–Crippen MR) is 184 cm³/mol. The molecule has 0 N–H and O–H groups in total. The number of piperazine rings is 1. The Bertz CT molecular complexity index is 1620. The molecule has 9 nitrogen and oxygen atoms in total. The fourth-order valence-corrected chi connectivity index (χ4v) is 7.17. The standard InChI is InChI=1S/C37H47N7O2/c1-7-34(45)44-20-19-43(22-29(44)21-38-5)36-30-17-18-42(32-16-9-13-27-12-8-11-26(4)35(27)32)23-31(30)39-37(40-36)46-33(25(2)3)24-41(6)28-14-10-15-28/h7-9,11-13,16,25,28-29,33H,1,10,14-15,17-24H2,2-4,6H3/t29-,33-/m0/s1. The van der Waals surface area contributed by atoms with Crippen molar-refractivity contribution in [3.8, 4) is 6.01 Å². The monoisotopic (exact) mass is 621 g/mol. The van der Waals surface area contributed by atoms with E-state index in [2.05, 4.69) is 90.3 Å². The Morgan fingerprint density at radius 1 is 1.15 bits per heavy atom. The first-order valence-corrected chi connectivity index (χ1v) is 16.8. The molecule has 3 aromatic rings. The number of rotatable bonds is 10. The van der Waals surface area contributed by atoms with Crippen molar-refractivity contribution in [3.63, 3.8) is 0 Å². The third kappa shape index (κ3) is 6.41. The number of ether oxygens (including phenoxy) is 1. The first-order chi connectivity index (χ1) is 22.3. The van der Waals surface area contributed by atoms with E-state index in [9.17, 15) is 4.79 Å². The summed E-state index contributed by atoms with van der Waals surface area (Å²) >= 11 is 0. The molecule has 2 atom stereocenters. The molecule has 2 fully saturated rings. The summed E-state index contributed by atoms with van der Waals surface area (Å²) in [5.41, 5.74) is 4.61. The summed E-state index contributed by atoms with van der Waals surface area (Å²) in [5.74, 6) is 1.04. The normalized spacial score (nSPS) is 19.2. The summed E-state index contributed by atoms with van der Waals surface area (Å²) in [6.45, 7) is 22.1. The molecule has 1 aliphatic carbocycles. The minimum Gasteiger partial charge on any atom is -0.458 e. The minimum absolute atomic E-state index is 0.0474. The number of hydrogen-bond donors (Lipinski definition) is 0. The van der Waals surface area contributed by atoms with Crippen LogP contribution in [0.25, 0.3) is 15.6 Å². The topological polar surface area (TPSA) is 69.4 Å². The van der Waals surface area contributed by atoms with Crippen LogP contribution in [0.4, 0.5) is 11.5 Å². The Hall–Kier alpha value is -4.16. The second kappa shape index (κ2) is 13.7. The van der Waals surface area contributed by atoms with Gasteiger partial charge in [0.15, 0.2) is 0 Å². The van der Waals surface area contributed by atoms with Crippen molar-refractivity contribution in [1.82, 2.24) is 19.8 Å². The minimum atomic E-state index is -0.231. The van der Waals surface area contributed by atoms with Crippen molar-refractivity contribution in [2.75, 3.05) is 56.1 Å². The molecule has 1 saturated heterocycles. The van der Waals surface area contributed by atoms with Gasteiger partial charge in [-0.1, -0.05) is 57.2 Å². The first-order valence-electron chi connectivity index (χ1n) is 16.8. The van der Waals surface area contributed by atoms with Gasteiger partial charge < -0.3 is 24.3 Å². The summed E-state index contributed by atoms with van der Waals surface area (Å²) < 4.78 is 6.71. The zero-order chi connectivity index (χ0) is 32.4. The number of fused-ring (bicyclic) bond motifs is 2. The van der Waals surface area contributed by atoms with Crippen LogP contribution < -0.4 is 14.5 Å². The van der Waals surface area contributed by atoms with Crippen LogP contribution >= 0.6 is 0 Å². The summed E-state index contributed by atoms with van der Waals surface area (Å²) in [5, 5.41) is 2.52. The van der Waals surface area contributed by atoms with E-state index in [1.165, 1.54) is 47.4 Å². The van der Waals surface area contributed by atoms with Crippen LogP contribution in [0.3, 0.4) is 0 Å². The summed E-state index contributed by atoms with van der Waals surface area (Å²) in [6.07, 6.45) is 5.89. The van der Waals surface area contributed by atoms with Gasteiger partial charge in [-0.3, -0.25) is 9.69 Å². The first kappa shape index (κ1) is 31.8. The quantitative estimate of drug-likeness (QED) is 0.218. The van der Waals surface area contributed by atoms with E-state index in [0.717, 1.165) is 36.6 Å². The molecule has 3 heterocycles. The Morgan fingerprint density at radius 3 is 2.63 bits per heavy atom. The van der Waals surface area contributed by atoms with Gasteiger partial charge in [-0.2, -0.15) is 9.97 Å². The number of carbonyl (C=O) groups excluding carboxylic acids is 1. The number of aryl methyl sites for hydroxylation is 1. The van der Waals surface area contributed by atoms with Crippen LogP contribution in [-0.4, -0.2) is 90.2 Å². The molecule has 1 saturated carbocycles. The number of aromatic nitrogens is 2. The van der Waals surface area contributed by atoms with Gasteiger partial charge >= 0.3 is 6.01 Å². The molecule has 2 aliphatic heterocycles. The van der Waals surface area contributed by atoms with Gasteiger partial charge in [0.2, 0.25) is 12.5 Å². The lowest BCUT2D eigenvalue weighted by atomic mass is 9.91. The number of likely N-dealkylation sites (N-methyl/N-ethyl adjacent to an activating group) is 1. The molecule has 9 heteroatoms. The average molecular weight is 622 g/mol. The van der Waals surface area contributed by atoms with Crippen LogP contribution in [0.2, 0.25) is 0 Å². The van der Waals surface area contributed by atoms with E-state index in [0.29, 0.717) is 38.2 Å². The van der Waals surface area contributed by atoms with Gasteiger partial charge in [0.25, 0.3) is 0 Å². The Balaban J connectivity index is 1.36. The zero-order valence-electron chi connectivity index (χ0n) is 27.8. The van der Waals surface area contributed by atoms with Gasteiger partial charge in [0, 0.05) is 55.4 Å². The molecule has 3 aliphatic rings. The summed E-state index contributed by atoms with van der Waals surface area (Å²) in [4.78, 5) is 35.5. The SMILES string of the molecule is [C-]#[N+]C[C@H]1CN(c2nc(O[C@@H](CN(C)C3CCC3)C(C)C)nc3c2CCN(c2cccc4cccc(C)c24)C3)CCN1C(=O)C=C. The predicted octanol–water partition coefficient (Wildman–Crippen LogP) is 5.51. The van der Waals surface area contributed by atoms with Crippen LogP contribution in [0.5, 0.6) is 6.01 Å². The third-order valence-electron chi connectivity index (χ3n) is 10.2. The Morgan fingerprint density at radius 2 is 1.93 bits per heavy atom. The smallest absolute Gasteiger partial charge is 0.319 e. The second-order valence-electron chi connectivity index (χ2n) is 13.5. The van der Waals surface area contributed by atoms with Crippen molar-refractivity contribution in [3.05, 3.63) is 77.3 Å². The second-order valence-corrected chi connectivity index (χ2v) is 13.5. The van der Waals surface area contributed by atoms with Gasteiger partial charge in [0.1, 0.15) is 18.0 Å². The average Bonchev–Trinajstić information content (AvgIpc) is 3.02. The highest BCUT2D eigenvalue weighted by atomic mass is 16.5. The number of anilines is 2. The fourth-order valence-electron chi connectivity index (χ4n) is 7.17.